The molecule has 0 aromatic rings. The first-order valence-corrected chi connectivity index (χ1v) is 5.17. The van der Waals surface area contributed by atoms with Gasteiger partial charge in [-0.15, -0.1) is 0 Å². The number of cyclic esters (lactones) is 2. The highest BCUT2D eigenvalue weighted by atomic mass is 19.4. The van der Waals surface area contributed by atoms with Crippen molar-refractivity contribution in [1.29, 1.82) is 0 Å². The third-order valence-electron chi connectivity index (χ3n) is 2.75. The van der Waals surface area contributed by atoms with Crippen LogP contribution in [0.25, 0.3) is 0 Å². The van der Waals surface area contributed by atoms with E-state index < -0.39 is 48.0 Å². The number of halogens is 14. The van der Waals surface area contributed by atoms with Gasteiger partial charge in [0.2, 0.25) is 0 Å². The highest BCUT2D eigenvalue weighted by Crippen LogP contribution is 2.63. The fourth-order valence-corrected chi connectivity index (χ4v) is 1.39. The van der Waals surface area contributed by atoms with Gasteiger partial charge in [-0.05, 0) is 0 Å². The van der Waals surface area contributed by atoms with Gasteiger partial charge < -0.3 is 9.47 Å². The van der Waals surface area contributed by atoms with E-state index in [-0.39, 0.29) is 0 Å². The lowest BCUT2D eigenvalue weighted by Gasteiger charge is -2.40. The van der Waals surface area contributed by atoms with E-state index in [9.17, 15) is 66.3 Å². The molecule has 1 heterocycles. The second-order valence-electron chi connectivity index (χ2n) is 4.36. The Morgan fingerprint density at radius 3 is 1.32 bits per heavy atom. The molecule has 0 N–H and O–H groups in total. The van der Waals surface area contributed by atoms with Crippen LogP contribution in [0.5, 0.6) is 0 Å². The average Bonchev–Trinajstić information content (AvgIpc) is 2.56. The molecule has 1 rings (SSSR count). The van der Waals surface area contributed by atoms with Crippen LogP contribution in [0.2, 0.25) is 0 Å². The van der Waals surface area contributed by atoms with Gasteiger partial charge in [-0.2, -0.15) is 61.5 Å². The highest BCUT2D eigenvalue weighted by Gasteiger charge is 2.96. The molecule has 0 saturated carbocycles. The molecule has 0 spiro atoms. The van der Waals surface area contributed by atoms with Crippen molar-refractivity contribution in [3.63, 3.8) is 0 Å². The lowest BCUT2D eigenvalue weighted by atomic mass is 9.93. The van der Waals surface area contributed by atoms with E-state index >= 15 is 0 Å². The Balaban J connectivity index is 3.58. The van der Waals surface area contributed by atoms with Gasteiger partial charge in [-0.1, -0.05) is 0 Å². The summed E-state index contributed by atoms with van der Waals surface area (Å²) in [6, 6.07) is 0. The fourth-order valence-electron chi connectivity index (χ4n) is 1.39. The Hall–Kier alpha value is -1.71. The summed E-state index contributed by atoms with van der Waals surface area (Å²) in [6.45, 7) is 0. The van der Waals surface area contributed by atoms with Gasteiger partial charge in [0.25, 0.3) is 0 Å². The first-order chi connectivity index (χ1) is 10.6. The molecule has 0 aliphatic carbocycles. The number of rotatable bonds is 4. The molecule has 0 aromatic heterocycles. The topological polar surface area (TPSA) is 35.5 Å². The van der Waals surface area contributed by atoms with E-state index in [4.69, 9.17) is 0 Å². The lowest BCUT2D eigenvalue weighted by molar-refractivity contribution is -0.462. The fraction of sp³-hybridized carbons (Fsp3) is 0.875. The van der Waals surface area contributed by atoms with Crippen LogP contribution in [0.3, 0.4) is 0 Å². The number of hydrogen-bond donors (Lipinski definition) is 0. The van der Waals surface area contributed by atoms with E-state index in [1.54, 1.807) is 0 Å². The molecule has 1 aliphatic heterocycles. The monoisotopic (exact) mass is 410 g/mol. The van der Waals surface area contributed by atoms with Crippen LogP contribution in [0.4, 0.5) is 66.3 Å². The van der Waals surface area contributed by atoms with E-state index in [1.165, 1.54) is 0 Å². The molecule has 3 nitrogen and oxygen atoms in total. The molecule has 17 heteroatoms. The van der Waals surface area contributed by atoms with Gasteiger partial charge in [0.15, 0.2) is 0 Å². The maximum atomic E-state index is 13.4. The van der Waals surface area contributed by atoms with Crippen molar-refractivity contribution in [3.8, 4) is 0 Å². The predicted octanol–water partition coefficient (Wildman–Crippen LogP) is 4.52. The first-order valence-electron chi connectivity index (χ1n) is 5.17. The average molecular weight is 410 g/mol. The number of carbonyl (C=O) groups is 1. The normalized spacial score (nSPS) is 25.6. The van der Waals surface area contributed by atoms with Crippen LogP contribution in [0.15, 0.2) is 0 Å². The number of ether oxygens (including phenoxy) is 2. The van der Waals surface area contributed by atoms with Crippen molar-refractivity contribution in [2.75, 3.05) is 0 Å². The summed E-state index contributed by atoms with van der Waals surface area (Å²) in [5.74, 6) is -38.9. The van der Waals surface area contributed by atoms with Gasteiger partial charge in [0.05, 0.1) is 0 Å². The quantitative estimate of drug-likeness (QED) is 0.506. The number of hydrogen-bond acceptors (Lipinski definition) is 3. The first kappa shape index (κ1) is 21.3. The Morgan fingerprint density at radius 1 is 0.640 bits per heavy atom. The van der Waals surface area contributed by atoms with E-state index in [0.717, 1.165) is 0 Å². The summed E-state index contributed by atoms with van der Waals surface area (Å²) in [6.07, 6.45) is -17.2. The van der Waals surface area contributed by atoms with E-state index in [1.807, 2.05) is 0 Å². The second-order valence-corrected chi connectivity index (χ2v) is 4.36. The van der Waals surface area contributed by atoms with Crippen LogP contribution >= 0.6 is 0 Å². The highest BCUT2D eigenvalue weighted by molar-refractivity contribution is 5.63. The SMILES string of the molecule is O=C1OC(F)(F)C(F)(C(F)(F)C(F)(F)C(F)(F)C(F)(F)C(F)(F)F)O1. The molecular weight excluding hydrogens is 410 g/mol. The molecule has 1 aliphatic rings. The summed E-state index contributed by atoms with van der Waals surface area (Å²) in [5, 5.41) is 0. The summed E-state index contributed by atoms with van der Waals surface area (Å²) in [5.41, 5.74) is 0. The van der Waals surface area contributed by atoms with Crippen LogP contribution in [0, 0.1) is 0 Å². The Kier molecular flexibility index (Phi) is 4.20. The molecule has 0 radical (unpaired) electrons. The maximum Gasteiger partial charge on any atom is 0.516 e. The van der Waals surface area contributed by atoms with Crippen LogP contribution in [0.1, 0.15) is 0 Å². The third kappa shape index (κ3) is 2.37. The second kappa shape index (κ2) is 4.93. The summed E-state index contributed by atoms with van der Waals surface area (Å²) >= 11 is 0. The minimum absolute atomic E-state index is 2.34. The zero-order valence-electron chi connectivity index (χ0n) is 10.5. The Bertz CT molecular complexity index is 565. The van der Waals surface area contributed by atoms with E-state index in [2.05, 4.69) is 9.47 Å². The van der Waals surface area contributed by atoms with Crippen molar-refractivity contribution in [3.05, 3.63) is 0 Å². The van der Waals surface area contributed by atoms with Gasteiger partial charge in [-0.25, -0.2) is 4.79 Å². The zero-order chi connectivity index (χ0) is 20.5. The molecule has 1 saturated heterocycles. The smallest absolute Gasteiger partial charge is 0.381 e. The number of carbonyl (C=O) groups excluding carboxylic acids is 1. The molecule has 0 bridgehead atoms. The Labute approximate surface area is 125 Å². The molecule has 25 heavy (non-hydrogen) atoms. The zero-order valence-corrected chi connectivity index (χ0v) is 10.5. The minimum atomic E-state index is -8.16. The minimum Gasteiger partial charge on any atom is -0.381 e. The van der Waals surface area contributed by atoms with Crippen LogP contribution in [-0.4, -0.2) is 48.0 Å². The molecule has 148 valence electrons. The van der Waals surface area contributed by atoms with Crippen molar-refractivity contribution in [1.82, 2.24) is 0 Å². The molecule has 0 amide bonds. The van der Waals surface area contributed by atoms with Crippen LogP contribution < -0.4 is 0 Å². The van der Waals surface area contributed by atoms with Crippen LogP contribution in [-0.2, 0) is 9.47 Å². The van der Waals surface area contributed by atoms with Gasteiger partial charge >= 0.3 is 48.0 Å². The lowest BCUT2D eigenvalue weighted by Crippen LogP contribution is -2.73. The van der Waals surface area contributed by atoms with Crippen molar-refractivity contribution >= 4 is 6.16 Å². The molecule has 1 atom stereocenters. The summed E-state index contributed by atoms with van der Waals surface area (Å²) < 4.78 is 182. The molecule has 1 unspecified atom stereocenters. The van der Waals surface area contributed by atoms with Gasteiger partial charge in [0, 0.05) is 0 Å². The Morgan fingerprint density at radius 2 is 1.04 bits per heavy atom. The van der Waals surface area contributed by atoms with Crippen molar-refractivity contribution in [2.24, 2.45) is 0 Å². The summed E-state index contributed by atoms with van der Waals surface area (Å²) in [4.78, 5) is 10.2. The molecule has 1 fully saturated rings. The summed E-state index contributed by atoms with van der Waals surface area (Å²) in [7, 11) is 0. The van der Waals surface area contributed by atoms with E-state index in [0.29, 0.717) is 0 Å². The maximum absolute atomic E-state index is 13.4. The standard InChI is InChI=1S/C8F14O3/c9-2(10,3(11,12)5(15,16)7(18,19)20)4(13,14)6(17)8(21,22)25-1(23)24-6. The predicted molar refractivity (Wildman–Crippen MR) is 42.2 cm³/mol. The van der Waals surface area contributed by atoms with Gasteiger partial charge in [-0.3, -0.25) is 0 Å². The largest absolute Gasteiger partial charge is 0.516 e. The molecule has 0 aromatic carbocycles. The molecular formula is C8F14O3. The van der Waals surface area contributed by atoms with Crippen molar-refractivity contribution in [2.45, 2.75) is 41.8 Å². The van der Waals surface area contributed by atoms with Crippen molar-refractivity contribution < 1.29 is 75.7 Å². The third-order valence-corrected chi connectivity index (χ3v) is 2.75. The number of alkyl halides is 14. The van der Waals surface area contributed by atoms with Gasteiger partial charge in [0.1, 0.15) is 0 Å².